The fourth-order valence-electron chi connectivity index (χ4n) is 3.57. The third-order valence-electron chi connectivity index (χ3n) is 5.56. The summed E-state index contributed by atoms with van der Waals surface area (Å²) in [6, 6.07) is 14.7. The van der Waals surface area contributed by atoms with Crippen molar-refractivity contribution in [1.29, 1.82) is 0 Å². The summed E-state index contributed by atoms with van der Waals surface area (Å²) in [6.45, 7) is 0.0151. The zero-order chi connectivity index (χ0) is 28.2. The van der Waals surface area contributed by atoms with Gasteiger partial charge in [0.15, 0.2) is 22.5 Å². The Labute approximate surface area is 236 Å². The van der Waals surface area contributed by atoms with Crippen molar-refractivity contribution in [3.8, 4) is 17.2 Å². The molecule has 0 unspecified atom stereocenters. The molecule has 0 bridgehead atoms. The van der Waals surface area contributed by atoms with Crippen LogP contribution in [-0.2, 0) is 18.5 Å². The maximum atomic E-state index is 12.9. The first-order chi connectivity index (χ1) is 18.6. The number of nitrogens with zero attached hydrogens (tertiary/aromatic N) is 3. The second-order valence-electron chi connectivity index (χ2n) is 8.07. The van der Waals surface area contributed by atoms with Gasteiger partial charge in [-0.2, -0.15) is 13.2 Å². The highest BCUT2D eigenvalue weighted by Gasteiger charge is 2.30. The SMILES string of the molecule is COc1ccc(C(=O)NCc2nnc(SCc3ccc(C(F)(F)F)cc3)n2-c2ccc(Cl)c(Cl)c2)cc1OC. The van der Waals surface area contributed by atoms with Gasteiger partial charge in [-0.1, -0.05) is 47.1 Å². The maximum Gasteiger partial charge on any atom is 0.416 e. The van der Waals surface area contributed by atoms with Gasteiger partial charge < -0.3 is 14.8 Å². The van der Waals surface area contributed by atoms with Gasteiger partial charge in [0.05, 0.1) is 42.1 Å². The summed E-state index contributed by atoms with van der Waals surface area (Å²) in [6.07, 6.45) is -4.41. The summed E-state index contributed by atoms with van der Waals surface area (Å²) in [5.74, 6) is 1.25. The molecule has 1 aromatic heterocycles. The zero-order valence-corrected chi connectivity index (χ0v) is 22.9. The lowest BCUT2D eigenvalue weighted by atomic mass is 10.1. The Morgan fingerprint density at radius 2 is 1.67 bits per heavy atom. The van der Waals surface area contributed by atoms with Gasteiger partial charge in [-0.3, -0.25) is 9.36 Å². The third-order valence-corrected chi connectivity index (χ3v) is 7.30. The first-order valence-corrected chi connectivity index (χ1v) is 13.0. The van der Waals surface area contributed by atoms with Crippen molar-refractivity contribution in [1.82, 2.24) is 20.1 Å². The number of hydrogen-bond acceptors (Lipinski definition) is 6. The molecule has 0 spiro atoms. The van der Waals surface area contributed by atoms with Gasteiger partial charge in [-0.05, 0) is 54.1 Å². The fourth-order valence-corrected chi connectivity index (χ4v) is 4.79. The number of carbonyl (C=O) groups excluding carboxylic acids is 1. The monoisotopic (exact) mass is 596 g/mol. The normalized spacial score (nSPS) is 11.4. The van der Waals surface area contributed by atoms with Crippen LogP contribution >= 0.6 is 35.0 Å². The Morgan fingerprint density at radius 3 is 2.31 bits per heavy atom. The van der Waals surface area contributed by atoms with Crippen molar-refractivity contribution in [3.63, 3.8) is 0 Å². The second kappa shape index (κ2) is 12.2. The number of ether oxygens (including phenoxy) is 2. The van der Waals surface area contributed by atoms with E-state index in [4.69, 9.17) is 32.7 Å². The van der Waals surface area contributed by atoms with Crippen LogP contribution in [0.2, 0.25) is 10.0 Å². The maximum absolute atomic E-state index is 12.9. The molecule has 0 radical (unpaired) electrons. The number of rotatable bonds is 9. The fraction of sp³-hybridized carbons (Fsp3) is 0.192. The topological polar surface area (TPSA) is 78.3 Å². The van der Waals surface area contributed by atoms with Gasteiger partial charge in [0, 0.05) is 11.3 Å². The van der Waals surface area contributed by atoms with E-state index in [1.54, 1.807) is 41.0 Å². The molecule has 0 aliphatic rings. The predicted molar refractivity (Wildman–Crippen MR) is 143 cm³/mol. The van der Waals surface area contributed by atoms with E-state index in [1.807, 2.05) is 0 Å². The lowest BCUT2D eigenvalue weighted by molar-refractivity contribution is -0.137. The number of methoxy groups -OCH3 is 2. The Balaban J connectivity index is 1.57. The van der Waals surface area contributed by atoms with Crippen LogP contribution in [0.15, 0.2) is 65.8 Å². The summed E-state index contributed by atoms with van der Waals surface area (Å²) >= 11 is 13.6. The minimum absolute atomic E-state index is 0.0151. The van der Waals surface area contributed by atoms with E-state index in [0.29, 0.717) is 55.1 Å². The number of nitrogens with one attached hydrogen (secondary N) is 1. The molecule has 1 N–H and O–H groups in total. The molecule has 1 amide bonds. The molecule has 0 atom stereocenters. The molecule has 0 aliphatic carbocycles. The van der Waals surface area contributed by atoms with E-state index in [0.717, 1.165) is 12.1 Å². The number of aromatic nitrogens is 3. The smallest absolute Gasteiger partial charge is 0.416 e. The number of halogens is 5. The van der Waals surface area contributed by atoms with Crippen molar-refractivity contribution in [2.24, 2.45) is 0 Å². The van der Waals surface area contributed by atoms with Crippen molar-refractivity contribution in [3.05, 3.63) is 93.2 Å². The van der Waals surface area contributed by atoms with Crippen LogP contribution in [0.25, 0.3) is 5.69 Å². The highest BCUT2D eigenvalue weighted by Crippen LogP contribution is 2.32. The van der Waals surface area contributed by atoms with E-state index in [-0.39, 0.29) is 12.5 Å². The van der Waals surface area contributed by atoms with Crippen LogP contribution in [0.1, 0.15) is 27.3 Å². The quantitative estimate of drug-likeness (QED) is 0.213. The van der Waals surface area contributed by atoms with E-state index >= 15 is 0 Å². The van der Waals surface area contributed by atoms with Gasteiger partial charge >= 0.3 is 6.18 Å². The van der Waals surface area contributed by atoms with Crippen molar-refractivity contribution in [2.45, 2.75) is 23.6 Å². The zero-order valence-electron chi connectivity index (χ0n) is 20.6. The molecule has 204 valence electrons. The summed E-state index contributed by atoms with van der Waals surface area (Å²) in [4.78, 5) is 12.9. The standard InChI is InChI=1S/C26H21Cl2F3N4O3S/c1-37-21-10-5-16(11-22(21)38-2)24(36)32-13-23-33-34-25(35(23)18-8-9-19(27)20(28)12-18)39-14-15-3-6-17(7-4-15)26(29,30)31/h3-12H,13-14H2,1-2H3,(H,32,36). The molecule has 4 rings (SSSR count). The van der Waals surface area contributed by atoms with E-state index < -0.39 is 11.7 Å². The second-order valence-corrected chi connectivity index (χ2v) is 9.83. The van der Waals surface area contributed by atoms with E-state index in [1.165, 1.54) is 38.1 Å². The Kier molecular flexibility index (Phi) is 8.94. The van der Waals surface area contributed by atoms with Gasteiger partial charge in [0.2, 0.25) is 0 Å². The largest absolute Gasteiger partial charge is 0.493 e. The van der Waals surface area contributed by atoms with Crippen LogP contribution < -0.4 is 14.8 Å². The number of amides is 1. The van der Waals surface area contributed by atoms with Gasteiger partial charge in [-0.15, -0.1) is 10.2 Å². The van der Waals surface area contributed by atoms with E-state index in [9.17, 15) is 18.0 Å². The molecule has 7 nitrogen and oxygen atoms in total. The van der Waals surface area contributed by atoms with Crippen molar-refractivity contribution in [2.75, 3.05) is 14.2 Å². The van der Waals surface area contributed by atoms with Crippen molar-refractivity contribution < 1.29 is 27.4 Å². The lowest BCUT2D eigenvalue weighted by Gasteiger charge is -2.13. The average molecular weight is 597 g/mol. The molecule has 0 fully saturated rings. The van der Waals surface area contributed by atoms with Crippen LogP contribution in [0.3, 0.4) is 0 Å². The average Bonchev–Trinajstić information content (AvgIpc) is 3.34. The van der Waals surface area contributed by atoms with E-state index in [2.05, 4.69) is 15.5 Å². The summed E-state index contributed by atoms with van der Waals surface area (Å²) in [7, 11) is 2.98. The summed E-state index contributed by atoms with van der Waals surface area (Å²) in [5.41, 5.74) is 0.896. The van der Waals surface area contributed by atoms with Gasteiger partial charge in [-0.25, -0.2) is 0 Å². The van der Waals surface area contributed by atoms with Gasteiger partial charge in [0.1, 0.15) is 0 Å². The molecule has 4 aromatic rings. The van der Waals surface area contributed by atoms with Crippen LogP contribution in [0.5, 0.6) is 11.5 Å². The molecular weight excluding hydrogens is 576 g/mol. The molecule has 1 heterocycles. The van der Waals surface area contributed by atoms with Crippen molar-refractivity contribution >= 4 is 40.9 Å². The summed E-state index contributed by atoms with van der Waals surface area (Å²) < 4.78 is 50.9. The number of hydrogen-bond donors (Lipinski definition) is 1. The first-order valence-electron chi connectivity index (χ1n) is 11.3. The lowest BCUT2D eigenvalue weighted by Crippen LogP contribution is -2.24. The van der Waals surface area contributed by atoms with Gasteiger partial charge in [0.25, 0.3) is 5.91 Å². The van der Waals surface area contributed by atoms with Crippen LogP contribution in [-0.4, -0.2) is 34.9 Å². The number of carbonyl (C=O) groups is 1. The van der Waals surface area contributed by atoms with Crippen LogP contribution in [0.4, 0.5) is 13.2 Å². The number of alkyl halides is 3. The highest BCUT2D eigenvalue weighted by molar-refractivity contribution is 7.98. The predicted octanol–water partition coefficient (Wildman–Crippen LogP) is 6.83. The molecular formula is C26H21Cl2F3N4O3S. The highest BCUT2D eigenvalue weighted by atomic mass is 35.5. The molecule has 0 saturated carbocycles. The molecule has 39 heavy (non-hydrogen) atoms. The number of thioether (sulfide) groups is 1. The molecule has 0 saturated heterocycles. The Morgan fingerprint density at radius 1 is 0.949 bits per heavy atom. The minimum atomic E-state index is -4.41. The molecule has 0 aliphatic heterocycles. The first kappa shape index (κ1) is 28.6. The summed E-state index contributed by atoms with van der Waals surface area (Å²) in [5, 5.41) is 12.4. The third kappa shape index (κ3) is 6.78. The van der Waals surface area contributed by atoms with Crippen LogP contribution in [0, 0.1) is 0 Å². The Hall–Kier alpha value is -3.41. The molecule has 13 heteroatoms. The minimum Gasteiger partial charge on any atom is -0.493 e. The Bertz CT molecular complexity index is 1480. The molecule has 3 aromatic carbocycles. The number of benzene rings is 3.